The molecule has 0 bridgehead atoms. The van der Waals surface area contributed by atoms with Gasteiger partial charge in [0, 0.05) is 11.6 Å². The quantitative estimate of drug-likeness (QED) is 0.726. The summed E-state index contributed by atoms with van der Waals surface area (Å²) in [5, 5.41) is 0.622. The Hall–Kier alpha value is -1.23. The molecule has 0 aliphatic rings. The number of aromatic nitrogens is 2. The van der Waals surface area contributed by atoms with Crippen molar-refractivity contribution in [2.75, 3.05) is 0 Å². The fraction of sp³-hybridized carbons (Fsp3) is 0.125. The fourth-order valence-electron chi connectivity index (χ4n) is 1.14. The van der Waals surface area contributed by atoms with Crippen molar-refractivity contribution in [3.8, 4) is 0 Å². The summed E-state index contributed by atoms with van der Waals surface area (Å²) in [6.07, 6.45) is -3.60. The van der Waals surface area contributed by atoms with E-state index in [1.165, 1.54) is 6.07 Å². The molecule has 0 fully saturated rings. The van der Waals surface area contributed by atoms with E-state index in [0.717, 1.165) is 12.3 Å². The number of nitrogens with one attached hydrogen (secondary N) is 1. The van der Waals surface area contributed by atoms with E-state index in [4.69, 9.17) is 11.6 Å². The van der Waals surface area contributed by atoms with Crippen molar-refractivity contribution in [3.05, 3.63) is 29.0 Å². The average Bonchev–Trinajstić information content (AvgIpc) is 2.41. The van der Waals surface area contributed by atoms with Gasteiger partial charge in [-0.2, -0.15) is 13.2 Å². The summed E-state index contributed by atoms with van der Waals surface area (Å²) in [5.41, 5.74) is -0.427. The van der Waals surface area contributed by atoms with Crippen molar-refractivity contribution < 1.29 is 13.2 Å². The lowest BCUT2D eigenvalue weighted by Gasteiger charge is -2.04. The first-order valence-corrected chi connectivity index (χ1v) is 4.06. The lowest BCUT2D eigenvalue weighted by Crippen LogP contribution is -2.04. The smallest absolute Gasteiger partial charge is 0.330 e. The summed E-state index contributed by atoms with van der Waals surface area (Å²) in [6, 6.07) is 2.41. The molecule has 0 atom stereocenters. The zero-order valence-electron chi connectivity index (χ0n) is 6.69. The van der Waals surface area contributed by atoms with Gasteiger partial charge in [-0.3, -0.25) is 0 Å². The highest BCUT2D eigenvalue weighted by atomic mass is 35.5. The molecule has 0 radical (unpaired) electrons. The predicted octanol–water partition coefficient (Wildman–Crippen LogP) is 3.24. The third-order valence-electron chi connectivity index (χ3n) is 1.76. The maximum absolute atomic E-state index is 12.2. The second-order valence-corrected chi connectivity index (χ2v) is 3.18. The van der Waals surface area contributed by atoms with E-state index in [1.54, 1.807) is 0 Å². The minimum Gasteiger partial charge on any atom is -0.330 e. The van der Waals surface area contributed by atoms with Crippen LogP contribution in [0.15, 0.2) is 18.3 Å². The van der Waals surface area contributed by atoms with Gasteiger partial charge in [0.05, 0.1) is 5.56 Å². The number of rotatable bonds is 0. The van der Waals surface area contributed by atoms with E-state index in [-0.39, 0.29) is 5.15 Å². The molecule has 2 aromatic heterocycles. The maximum atomic E-state index is 12.2. The molecule has 0 spiro atoms. The van der Waals surface area contributed by atoms with Gasteiger partial charge in [-0.25, -0.2) is 4.98 Å². The summed E-state index contributed by atoms with van der Waals surface area (Å²) < 4.78 is 36.7. The molecule has 0 unspecified atom stereocenters. The number of pyridine rings is 1. The lowest BCUT2D eigenvalue weighted by atomic mass is 10.2. The zero-order chi connectivity index (χ0) is 10.3. The molecular weight excluding hydrogens is 217 g/mol. The number of H-pyrrole nitrogens is 1. The van der Waals surface area contributed by atoms with E-state index < -0.39 is 11.7 Å². The van der Waals surface area contributed by atoms with Crippen LogP contribution in [0.4, 0.5) is 13.2 Å². The number of hydrogen-bond donors (Lipinski definition) is 1. The molecule has 2 heterocycles. The van der Waals surface area contributed by atoms with Gasteiger partial charge in [0.2, 0.25) is 0 Å². The van der Waals surface area contributed by atoms with Crippen molar-refractivity contribution in [2.24, 2.45) is 0 Å². The van der Waals surface area contributed by atoms with Crippen LogP contribution in [0.1, 0.15) is 5.56 Å². The van der Waals surface area contributed by atoms with Crippen LogP contribution in [0, 0.1) is 0 Å². The van der Waals surface area contributed by atoms with Gasteiger partial charge >= 0.3 is 6.18 Å². The SMILES string of the molecule is FC(F)(F)c1cnc2[nH]c(Cl)cc2c1. The first-order chi connectivity index (χ1) is 6.47. The van der Waals surface area contributed by atoms with Crippen LogP contribution in [0.5, 0.6) is 0 Å². The van der Waals surface area contributed by atoms with Crippen LogP contribution in [0.2, 0.25) is 5.15 Å². The molecule has 1 N–H and O–H groups in total. The Balaban J connectivity index is 2.62. The van der Waals surface area contributed by atoms with Crippen molar-refractivity contribution in [1.29, 1.82) is 0 Å². The Labute approximate surface area is 81.7 Å². The molecule has 0 saturated heterocycles. The second kappa shape index (κ2) is 2.88. The fourth-order valence-corrected chi connectivity index (χ4v) is 1.34. The van der Waals surface area contributed by atoms with E-state index in [0.29, 0.717) is 11.0 Å². The van der Waals surface area contributed by atoms with Gasteiger partial charge in [-0.05, 0) is 12.1 Å². The van der Waals surface area contributed by atoms with Crippen molar-refractivity contribution in [2.45, 2.75) is 6.18 Å². The minimum atomic E-state index is -4.37. The van der Waals surface area contributed by atoms with Gasteiger partial charge in [-0.1, -0.05) is 11.6 Å². The number of alkyl halides is 3. The Kier molecular flexibility index (Phi) is 1.92. The number of fused-ring (bicyclic) bond motifs is 1. The van der Waals surface area contributed by atoms with Crippen LogP contribution < -0.4 is 0 Å². The predicted molar refractivity (Wildman–Crippen MR) is 46.1 cm³/mol. The topological polar surface area (TPSA) is 28.7 Å². The van der Waals surface area contributed by atoms with Crippen LogP contribution in [0.25, 0.3) is 11.0 Å². The third-order valence-corrected chi connectivity index (χ3v) is 1.97. The summed E-state index contributed by atoms with van der Waals surface area (Å²) in [5.74, 6) is 0. The molecule has 2 aromatic rings. The number of nitrogens with zero attached hydrogens (tertiary/aromatic N) is 1. The molecule has 0 aliphatic carbocycles. The van der Waals surface area contributed by atoms with Crippen LogP contribution in [-0.4, -0.2) is 9.97 Å². The first-order valence-electron chi connectivity index (χ1n) is 3.68. The Morgan fingerprint density at radius 1 is 1.29 bits per heavy atom. The van der Waals surface area contributed by atoms with E-state index in [2.05, 4.69) is 9.97 Å². The number of aromatic amines is 1. The number of hydrogen-bond acceptors (Lipinski definition) is 1. The van der Waals surface area contributed by atoms with Crippen molar-refractivity contribution in [3.63, 3.8) is 0 Å². The molecule has 14 heavy (non-hydrogen) atoms. The van der Waals surface area contributed by atoms with E-state index in [9.17, 15) is 13.2 Å². The normalized spacial score (nSPS) is 12.3. The molecule has 0 saturated carbocycles. The molecule has 2 nitrogen and oxygen atoms in total. The Morgan fingerprint density at radius 2 is 2.00 bits per heavy atom. The van der Waals surface area contributed by atoms with Gasteiger partial charge in [-0.15, -0.1) is 0 Å². The van der Waals surface area contributed by atoms with Gasteiger partial charge < -0.3 is 4.98 Å². The van der Waals surface area contributed by atoms with Crippen LogP contribution in [0.3, 0.4) is 0 Å². The second-order valence-electron chi connectivity index (χ2n) is 2.78. The molecule has 0 aliphatic heterocycles. The third kappa shape index (κ3) is 1.55. The largest absolute Gasteiger partial charge is 0.417 e. The zero-order valence-corrected chi connectivity index (χ0v) is 7.45. The monoisotopic (exact) mass is 220 g/mol. The molecule has 0 amide bonds. The summed E-state index contributed by atoms with van der Waals surface area (Å²) in [4.78, 5) is 6.23. The van der Waals surface area contributed by atoms with Gasteiger partial charge in [0.15, 0.2) is 0 Å². The van der Waals surface area contributed by atoms with Crippen molar-refractivity contribution >= 4 is 22.6 Å². The highest BCUT2D eigenvalue weighted by Crippen LogP contribution is 2.30. The highest BCUT2D eigenvalue weighted by molar-refractivity contribution is 6.30. The molecule has 2 rings (SSSR count). The molecule has 0 aromatic carbocycles. The van der Waals surface area contributed by atoms with E-state index in [1.807, 2.05) is 0 Å². The van der Waals surface area contributed by atoms with Crippen LogP contribution >= 0.6 is 11.6 Å². The lowest BCUT2D eigenvalue weighted by molar-refractivity contribution is -0.137. The van der Waals surface area contributed by atoms with Crippen molar-refractivity contribution in [1.82, 2.24) is 9.97 Å². The Morgan fingerprint density at radius 3 is 2.64 bits per heavy atom. The highest BCUT2D eigenvalue weighted by Gasteiger charge is 2.31. The van der Waals surface area contributed by atoms with E-state index >= 15 is 0 Å². The summed E-state index contributed by atoms with van der Waals surface area (Å²) in [7, 11) is 0. The Bertz CT molecular complexity index is 475. The minimum absolute atomic E-state index is 0.270. The standard InChI is InChI=1S/C8H4ClF3N2/c9-6-2-4-1-5(8(10,11)12)3-13-7(4)14-6/h1-3H,(H,13,14). The maximum Gasteiger partial charge on any atom is 0.417 e. The van der Waals surface area contributed by atoms with Gasteiger partial charge in [0.25, 0.3) is 0 Å². The molecule has 74 valence electrons. The average molecular weight is 221 g/mol. The molecular formula is C8H4ClF3N2. The number of halogens is 4. The van der Waals surface area contributed by atoms with Crippen LogP contribution in [-0.2, 0) is 6.18 Å². The summed E-state index contributed by atoms with van der Waals surface area (Å²) >= 11 is 5.57. The molecule has 6 heteroatoms. The summed E-state index contributed by atoms with van der Waals surface area (Å²) in [6.45, 7) is 0. The van der Waals surface area contributed by atoms with Gasteiger partial charge in [0.1, 0.15) is 10.8 Å². The first kappa shape index (κ1) is 9.33.